The molecule has 0 N–H and O–H groups in total. The van der Waals surface area contributed by atoms with Crippen molar-refractivity contribution in [3.8, 4) is 0 Å². The number of rotatable bonds is 4. The molecule has 0 bridgehead atoms. The van der Waals surface area contributed by atoms with Gasteiger partial charge in [0.25, 0.3) is 0 Å². The molecular formula is C11H16ClFN2O2S. The molecule has 18 heavy (non-hydrogen) atoms. The van der Waals surface area contributed by atoms with Crippen molar-refractivity contribution in [1.82, 2.24) is 4.98 Å². The second-order valence-electron chi connectivity index (χ2n) is 4.02. The van der Waals surface area contributed by atoms with Gasteiger partial charge in [-0.25, -0.2) is 9.37 Å². The van der Waals surface area contributed by atoms with Gasteiger partial charge in [-0.15, -0.1) is 23.7 Å². The van der Waals surface area contributed by atoms with Crippen molar-refractivity contribution < 1.29 is 13.9 Å². The second-order valence-corrected chi connectivity index (χ2v) is 5.11. The Morgan fingerprint density at radius 2 is 2.50 bits per heavy atom. The first kappa shape index (κ1) is 15.2. The molecule has 1 aromatic heterocycles. The monoisotopic (exact) mass is 294 g/mol. The van der Waals surface area contributed by atoms with Crippen LogP contribution in [0.15, 0.2) is 6.20 Å². The maximum Gasteiger partial charge on any atom is 0.305 e. The molecule has 7 heteroatoms. The molecular weight excluding hydrogens is 279 g/mol. The smallest absolute Gasteiger partial charge is 0.305 e. The van der Waals surface area contributed by atoms with E-state index in [1.807, 2.05) is 4.90 Å². The van der Waals surface area contributed by atoms with Gasteiger partial charge < -0.3 is 9.64 Å². The number of aryl methyl sites for hydroxylation is 1. The van der Waals surface area contributed by atoms with E-state index < -0.39 is 6.17 Å². The zero-order valence-electron chi connectivity index (χ0n) is 10.1. The third-order valence-electron chi connectivity index (χ3n) is 2.75. The molecule has 1 saturated heterocycles. The predicted molar refractivity (Wildman–Crippen MR) is 71.4 cm³/mol. The Hall–Kier alpha value is -0.880. The molecule has 1 fully saturated rings. The second kappa shape index (κ2) is 6.89. The zero-order valence-corrected chi connectivity index (χ0v) is 11.7. The van der Waals surface area contributed by atoms with E-state index in [2.05, 4.69) is 9.72 Å². The lowest BCUT2D eigenvalue weighted by Gasteiger charge is -2.12. The number of halogens is 2. The Morgan fingerprint density at radius 1 is 1.72 bits per heavy atom. The molecule has 1 aromatic rings. The van der Waals surface area contributed by atoms with Gasteiger partial charge in [0.05, 0.1) is 20.1 Å². The Morgan fingerprint density at radius 3 is 3.11 bits per heavy atom. The molecule has 102 valence electrons. The minimum atomic E-state index is -0.739. The number of esters is 1. The van der Waals surface area contributed by atoms with Crippen molar-refractivity contribution in [3.05, 3.63) is 11.1 Å². The van der Waals surface area contributed by atoms with E-state index in [9.17, 15) is 9.18 Å². The highest BCUT2D eigenvalue weighted by atomic mass is 35.5. The van der Waals surface area contributed by atoms with Crippen LogP contribution in [0.3, 0.4) is 0 Å². The lowest BCUT2D eigenvalue weighted by Crippen LogP contribution is -2.19. The molecule has 1 atom stereocenters. The molecule has 0 spiro atoms. The average Bonchev–Trinajstić information content (AvgIpc) is 2.94. The summed E-state index contributed by atoms with van der Waals surface area (Å²) in [5.41, 5.74) is 0. The summed E-state index contributed by atoms with van der Waals surface area (Å²) in [5.74, 6) is -0.218. The van der Waals surface area contributed by atoms with Gasteiger partial charge >= 0.3 is 5.97 Å². The number of carbonyl (C=O) groups excluding carboxylic acids is 1. The van der Waals surface area contributed by atoms with E-state index in [0.29, 0.717) is 25.8 Å². The van der Waals surface area contributed by atoms with Crippen LogP contribution in [0, 0.1) is 0 Å². The number of aromatic nitrogens is 1. The molecule has 0 saturated carbocycles. The van der Waals surface area contributed by atoms with Gasteiger partial charge in [0.15, 0.2) is 5.13 Å². The van der Waals surface area contributed by atoms with E-state index in [4.69, 9.17) is 0 Å². The Kier molecular flexibility index (Phi) is 5.81. The molecule has 0 radical (unpaired) electrons. The SMILES string of the molecule is COC(=O)CCc1cnc(N2CC[C@H](F)C2)s1.Cl. The van der Waals surface area contributed by atoms with Gasteiger partial charge in [-0.3, -0.25) is 4.79 Å². The average molecular weight is 295 g/mol. The van der Waals surface area contributed by atoms with Crippen molar-refractivity contribution in [3.63, 3.8) is 0 Å². The zero-order chi connectivity index (χ0) is 12.3. The van der Waals surface area contributed by atoms with Crippen LogP contribution in [-0.2, 0) is 16.0 Å². The van der Waals surface area contributed by atoms with Crippen molar-refractivity contribution in [2.75, 3.05) is 25.1 Å². The normalized spacial score (nSPS) is 18.6. The highest BCUT2D eigenvalue weighted by Gasteiger charge is 2.23. The third-order valence-corrected chi connectivity index (χ3v) is 3.86. The highest BCUT2D eigenvalue weighted by molar-refractivity contribution is 7.15. The summed E-state index contributed by atoms with van der Waals surface area (Å²) in [5, 5.41) is 0.852. The number of thiazole rings is 1. The van der Waals surface area contributed by atoms with Crippen LogP contribution in [0.4, 0.5) is 9.52 Å². The summed E-state index contributed by atoms with van der Waals surface area (Å²) in [6.45, 7) is 1.16. The Balaban J connectivity index is 0.00000162. The topological polar surface area (TPSA) is 42.4 Å². The summed E-state index contributed by atoms with van der Waals surface area (Å²) in [7, 11) is 1.38. The molecule has 1 aliphatic rings. The number of hydrogen-bond acceptors (Lipinski definition) is 5. The molecule has 4 nitrogen and oxygen atoms in total. The van der Waals surface area contributed by atoms with Crippen LogP contribution in [0.5, 0.6) is 0 Å². The van der Waals surface area contributed by atoms with Crippen LogP contribution in [0.1, 0.15) is 17.7 Å². The first-order valence-corrected chi connectivity index (χ1v) is 6.41. The quantitative estimate of drug-likeness (QED) is 0.799. The number of nitrogens with zero attached hydrogens (tertiary/aromatic N) is 2. The van der Waals surface area contributed by atoms with E-state index >= 15 is 0 Å². The number of ether oxygens (including phenoxy) is 1. The Labute approximate surface area is 116 Å². The minimum absolute atomic E-state index is 0. The minimum Gasteiger partial charge on any atom is -0.469 e. The summed E-state index contributed by atoms with van der Waals surface area (Å²) in [4.78, 5) is 18.2. The first-order chi connectivity index (χ1) is 8.19. The molecule has 2 rings (SSSR count). The summed E-state index contributed by atoms with van der Waals surface area (Å²) in [6, 6.07) is 0. The summed E-state index contributed by atoms with van der Waals surface area (Å²) < 4.78 is 17.6. The summed E-state index contributed by atoms with van der Waals surface area (Å²) in [6.07, 6.45) is 2.60. The van der Waals surface area contributed by atoms with E-state index in [0.717, 1.165) is 16.6 Å². The van der Waals surface area contributed by atoms with Gasteiger partial charge in [-0.1, -0.05) is 0 Å². The fourth-order valence-electron chi connectivity index (χ4n) is 1.78. The Bertz CT molecular complexity index is 402. The molecule has 0 unspecified atom stereocenters. The predicted octanol–water partition coefficient (Wildman–Crippen LogP) is 2.22. The highest BCUT2D eigenvalue weighted by Crippen LogP contribution is 2.27. The number of anilines is 1. The maximum absolute atomic E-state index is 13.0. The van der Waals surface area contributed by atoms with Gasteiger partial charge in [0.2, 0.25) is 0 Å². The molecule has 0 aromatic carbocycles. The lowest BCUT2D eigenvalue weighted by atomic mass is 10.3. The third kappa shape index (κ3) is 3.81. The summed E-state index contributed by atoms with van der Waals surface area (Å²) >= 11 is 1.53. The van der Waals surface area contributed by atoms with Gasteiger partial charge in [-0.05, 0) is 12.8 Å². The number of methoxy groups -OCH3 is 1. The lowest BCUT2D eigenvalue weighted by molar-refractivity contribution is -0.140. The molecule has 1 aliphatic heterocycles. The number of carbonyl (C=O) groups is 1. The first-order valence-electron chi connectivity index (χ1n) is 5.59. The molecule has 0 aliphatic carbocycles. The fourth-order valence-corrected chi connectivity index (χ4v) is 2.72. The van der Waals surface area contributed by atoms with Crippen LogP contribution in [0.25, 0.3) is 0 Å². The van der Waals surface area contributed by atoms with Crippen molar-refractivity contribution in [1.29, 1.82) is 0 Å². The van der Waals surface area contributed by atoms with Gasteiger partial charge in [-0.2, -0.15) is 0 Å². The van der Waals surface area contributed by atoms with E-state index in [1.165, 1.54) is 18.4 Å². The van der Waals surface area contributed by atoms with Crippen LogP contribution in [0.2, 0.25) is 0 Å². The standard InChI is InChI=1S/C11H15FN2O2S.ClH/c1-16-10(15)3-2-9-6-13-11(17-9)14-5-4-8(12)7-14;/h6,8H,2-5,7H2,1H3;1H/t8-;/m0./s1. The number of hydrogen-bond donors (Lipinski definition) is 0. The largest absolute Gasteiger partial charge is 0.469 e. The molecule has 0 amide bonds. The van der Waals surface area contributed by atoms with Crippen molar-refractivity contribution >= 4 is 34.8 Å². The van der Waals surface area contributed by atoms with Crippen LogP contribution >= 0.6 is 23.7 Å². The van der Waals surface area contributed by atoms with E-state index in [1.54, 1.807) is 6.20 Å². The molecule has 2 heterocycles. The fraction of sp³-hybridized carbons (Fsp3) is 0.636. The van der Waals surface area contributed by atoms with Crippen LogP contribution in [-0.4, -0.2) is 37.3 Å². The van der Waals surface area contributed by atoms with Crippen LogP contribution < -0.4 is 4.90 Å². The maximum atomic E-state index is 13.0. The number of alkyl halides is 1. The van der Waals surface area contributed by atoms with Gasteiger partial charge in [0.1, 0.15) is 6.17 Å². The van der Waals surface area contributed by atoms with Gasteiger partial charge in [0, 0.05) is 17.6 Å². The van der Waals surface area contributed by atoms with E-state index in [-0.39, 0.29) is 18.4 Å². The van der Waals surface area contributed by atoms with Crippen molar-refractivity contribution in [2.45, 2.75) is 25.4 Å². The van der Waals surface area contributed by atoms with Crippen molar-refractivity contribution in [2.24, 2.45) is 0 Å².